The van der Waals surface area contributed by atoms with Gasteiger partial charge in [0.15, 0.2) is 11.0 Å². The van der Waals surface area contributed by atoms with Crippen LogP contribution in [-0.4, -0.2) is 38.2 Å². The van der Waals surface area contributed by atoms with E-state index >= 15 is 0 Å². The largest absolute Gasteiger partial charge is 0.493 e. The van der Waals surface area contributed by atoms with E-state index in [1.54, 1.807) is 30.0 Å². The summed E-state index contributed by atoms with van der Waals surface area (Å²) >= 11 is 1.57. The van der Waals surface area contributed by atoms with E-state index in [-0.39, 0.29) is 5.56 Å². The topological polar surface area (TPSA) is 77.2 Å². The number of nitrogens with zero attached hydrogens (tertiary/aromatic N) is 3. The Morgan fingerprint density at radius 2 is 1.96 bits per heavy atom. The van der Waals surface area contributed by atoms with Crippen molar-refractivity contribution >= 4 is 17.7 Å². The molecule has 0 unspecified atom stereocenters. The molecular formula is C20H21N3O3S. The monoisotopic (exact) mass is 383 g/mol. The van der Waals surface area contributed by atoms with Gasteiger partial charge < -0.3 is 14.4 Å². The van der Waals surface area contributed by atoms with Gasteiger partial charge >= 0.3 is 5.97 Å². The van der Waals surface area contributed by atoms with Gasteiger partial charge in [-0.15, -0.1) is 10.2 Å². The maximum atomic E-state index is 11.0. The Bertz CT molecular complexity index is 922. The van der Waals surface area contributed by atoms with Gasteiger partial charge in [0, 0.05) is 17.9 Å². The number of ether oxygens (including phenoxy) is 1. The number of thioether (sulfide) groups is 1. The first-order valence-corrected chi connectivity index (χ1v) is 9.66. The molecule has 3 aromatic rings. The van der Waals surface area contributed by atoms with Crippen molar-refractivity contribution in [2.75, 3.05) is 12.4 Å². The second-order valence-corrected chi connectivity index (χ2v) is 7.01. The lowest BCUT2D eigenvalue weighted by atomic mass is 10.1. The van der Waals surface area contributed by atoms with Gasteiger partial charge in [-0.1, -0.05) is 47.7 Å². The Morgan fingerprint density at radius 1 is 1.19 bits per heavy atom. The number of hydrogen-bond donors (Lipinski definition) is 1. The second kappa shape index (κ2) is 8.73. The van der Waals surface area contributed by atoms with Crippen molar-refractivity contribution < 1.29 is 14.6 Å². The third kappa shape index (κ3) is 4.68. The van der Waals surface area contributed by atoms with Gasteiger partial charge in [0.1, 0.15) is 5.75 Å². The van der Waals surface area contributed by atoms with Gasteiger partial charge in [0.05, 0.1) is 12.2 Å². The molecule has 0 saturated carbocycles. The van der Waals surface area contributed by atoms with Gasteiger partial charge in [-0.3, -0.25) is 0 Å². The number of carboxylic acids is 1. The summed E-state index contributed by atoms with van der Waals surface area (Å²) < 4.78 is 7.74. The summed E-state index contributed by atoms with van der Waals surface area (Å²) in [6.45, 7) is 5.35. The summed E-state index contributed by atoms with van der Waals surface area (Å²) in [5.74, 6) is 1.13. The molecule has 0 fully saturated rings. The van der Waals surface area contributed by atoms with Crippen molar-refractivity contribution in [3.63, 3.8) is 0 Å². The predicted molar refractivity (Wildman–Crippen MR) is 105 cm³/mol. The fourth-order valence-electron chi connectivity index (χ4n) is 2.61. The van der Waals surface area contributed by atoms with Crippen molar-refractivity contribution in [3.05, 3.63) is 59.7 Å². The highest BCUT2D eigenvalue weighted by Crippen LogP contribution is 2.24. The minimum absolute atomic E-state index is 0.216. The molecule has 0 atom stereocenters. The van der Waals surface area contributed by atoms with Crippen LogP contribution in [0.25, 0.3) is 11.4 Å². The maximum absolute atomic E-state index is 11.0. The molecule has 0 aliphatic carbocycles. The van der Waals surface area contributed by atoms with Crippen molar-refractivity contribution in [3.8, 4) is 17.1 Å². The van der Waals surface area contributed by atoms with Crippen molar-refractivity contribution in [1.82, 2.24) is 14.8 Å². The fourth-order valence-corrected chi connectivity index (χ4v) is 3.43. The molecule has 0 spiro atoms. The number of rotatable bonds is 8. The molecule has 6 nitrogen and oxygen atoms in total. The number of aromatic nitrogens is 3. The molecule has 1 aromatic heterocycles. The van der Waals surface area contributed by atoms with E-state index in [9.17, 15) is 4.79 Å². The van der Waals surface area contributed by atoms with Crippen LogP contribution in [0, 0.1) is 6.92 Å². The molecule has 0 saturated heterocycles. The van der Waals surface area contributed by atoms with Crippen LogP contribution in [-0.2, 0) is 6.54 Å². The fraction of sp³-hybridized carbons (Fsp3) is 0.250. The van der Waals surface area contributed by atoms with Gasteiger partial charge in [0.25, 0.3) is 0 Å². The molecule has 0 aliphatic rings. The first kappa shape index (κ1) is 19.0. The highest BCUT2D eigenvalue weighted by Gasteiger charge is 2.13. The molecule has 1 N–H and O–H groups in total. The van der Waals surface area contributed by atoms with E-state index in [2.05, 4.69) is 52.9 Å². The molecule has 1 heterocycles. The highest BCUT2D eigenvalue weighted by atomic mass is 32.2. The van der Waals surface area contributed by atoms with Crippen molar-refractivity contribution in [2.24, 2.45) is 0 Å². The van der Waals surface area contributed by atoms with Gasteiger partial charge in [-0.2, -0.15) is 0 Å². The zero-order valence-electron chi connectivity index (χ0n) is 15.3. The normalized spacial score (nSPS) is 10.7. The first-order valence-electron chi connectivity index (χ1n) is 8.67. The summed E-state index contributed by atoms with van der Waals surface area (Å²) in [6.07, 6.45) is 0. The quantitative estimate of drug-likeness (QED) is 0.465. The zero-order valence-corrected chi connectivity index (χ0v) is 16.1. The summed E-state index contributed by atoms with van der Waals surface area (Å²) in [6, 6.07) is 14.7. The summed E-state index contributed by atoms with van der Waals surface area (Å²) in [4.78, 5) is 11.0. The number of carbonyl (C=O) groups is 1. The van der Waals surface area contributed by atoms with E-state index in [0.717, 1.165) is 23.1 Å². The average molecular weight is 383 g/mol. The highest BCUT2D eigenvalue weighted by molar-refractivity contribution is 7.99. The Morgan fingerprint density at radius 3 is 2.67 bits per heavy atom. The van der Waals surface area contributed by atoms with E-state index in [1.165, 1.54) is 11.6 Å². The summed E-state index contributed by atoms with van der Waals surface area (Å²) in [5.41, 5.74) is 2.47. The number of carboxylic acid groups (broad SMARTS) is 1. The number of hydrogen-bond acceptors (Lipinski definition) is 5. The molecule has 3 rings (SSSR count). The van der Waals surface area contributed by atoms with Crippen LogP contribution in [0.3, 0.4) is 0 Å². The van der Waals surface area contributed by atoms with E-state index in [0.29, 0.717) is 18.1 Å². The summed E-state index contributed by atoms with van der Waals surface area (Å²) in [7, 11) is 0. The maximum Gasteiger partial charge on any atom is 0.335 e. The van der Waals surface area contributed by atoms with Gasteiger partial charge in [-0.05, 0) is 32.0 Å². The predicted octanol–water partition coefficient (Wildman–Crippen LogP) is 4.14. The molecule has 2 aromatic carbocycles. The number of aryl methyl sites for hydroxylation is 1. The lowest BCUT2D eigenvalue weighted by molar-refractivity contribution is 0.0696. The molecule has 140 valence electrons. The van der Waals surface area contributed by atoms with Crippen molar-refractivity contribution in [2.45, 2.75) is 25.5 Å². The van der Waals surface area contributed by atoms with Crippen LogP contribution >= 0.6 is 11.8 Å². The summed E-state index contributed by atoms with van der Waals surface area (Å²) in [5, 5.41) is 18.5. The minimum Gasteiger partial charge on any atom is -0.493 e. The molecule has 27 heavy (non-hydrogen) atoms. The zero-order chi connectivity index (χ0) is 19.2. The SMILES string of the molecule is CCn1c(SCCOc2cccc(C(=O)O)c2)nnc1-c1ccc(C)cc1. The lowest BCUT2D eigenvalue weighted by Crippen LogP contribution is -2.04. The van der Waals surface area contributed by atoms with E-state index in [4.69, 9.17) is 9.84 Å². The molecule has 0 amide bonds. The van der Waals surface area contributed by atoms with Gasteiger partial charge in [0.2, 0.25) is 0 Å². The molecule has 0 bridgehead atoms. The van der Waals surface area contributed by atoms with Crippen LogP contribution in [0.5, 0.6) is 5.75 Å². The molecule has 0 radical (unpaired) electrons. The minimum atomic E-state index is -0.963. The van der Waals surface area contributed by atoms with Crippen LogP contribution in [0.2, 0.25) is 0 Å². The first-order chi connectivity index (χ1) is 13.1. The number of benzene rings is 2. The standard InChI is InChI=1S/C20H21N3O3S/c1-3-23-18(15-9-7-14(2)8-10-15)21-22-20(23)27-12-11-26-17-6-4-5-16(13-17)19(24)25/h4-10,13H,3,11-12H2,1-2H3,(H,24,25). The Balaban J connectivity index is 1.61. The van der Waals surface area contributed by atoms with Crippen LogP contribution in [0.15, 0.2) is 53.7 Å². The Labute approximate surface area is 162 Å². The van der Waals surface area contributed by atoms with Crippen LogP contribution < -0.4 is 4.74 Å². The third-order valence-corrected chi connectivity index (χ3v) is 4.94. The average Bonchev–Trinajstić information content (AvgIpc) is 3.09. The molecule has 0 aliphatic heterocycles. The van der Waals surface area contributed by atoms with E-state index < -0.39 is 5.97 Å². The Hall–Kier alpha value is -2.80. The lowest BCUT2D eigenvalue weighted by Gasteiger charge is -2.09. The van der Waals surface area contributed by atoms with Crippen molar-refractivity contribution in [1.29, 1.82) is 0 Å². The smallest absolute Gasteiger partial charge is 0.335 e. The van der Waals surface area contributed by atoms with Crippen LogP contribution in [0.1, 0.15) is 22.8 Å². The third-order valence-electron chi connectivity index (χ3n) is 4.01. The molecule has 7 heteroatoms. The van der Waals surface area contributed by atoms with Crippen LogP contribution in [0.4, 0.5) is 0 Å². The second-order valence-electron chi connectivity index (χ2n) is 5.95. The van der Waals surface area contributed by atoms with E-state index in [1.807, 2.05) is 0 Å². The Kier molecular flexibility index (Phi) is 6.13. The number of aromatic carboxylic acids is 1. The molecular weight excluding hydrogens is 362 g/mol. The van der Waals surface area contributed by atoms with Gasteiger partial charge in [-0.25, -0.2) is 4.79 Å².